The molecule has 0 aliphatic carbocycles. The van der Waals surface area contributed by atoms with Crippen LogP contribution in [0, 0.1) is 0 Å². The first kappa shape index (κ1) is 11.1. The van der Waals surface area contributed by atoms with Crippen LogP contribution in [0.25, 0.3) is 11.3 Å². The summed E-state index contributed by atoms with van der Waals surface area (Å²) in [6.07, 6.45) is 0. The molecule has 0 aliphatic rings. The minimum Gasteiger partial charge on any atom is -0.341 e. The predicted octanol–water partition coefficient (Wildman–Crippen LogP) is 2.65. The summed E-state index contributed by atoms with van der Waals surface area (Å²) in [5, 5.41) is 3.17. The first-order valence-corrected chi connectivity index (χ1v) is 5.90. The zero-order valence-electron chi connectivity index (χ0n) is 7.72. The number of halogens is 2. The molecule has 1 aromatic carbocycles. The highest BCUT2D eigenvalue weighted by molar-refractivity contribution is 7.86. The van der Waals surface area contributed by atoms with Crippen LogP contribution in [-0.4, -0.2) is 13.6 Å². The smallest absolute Gasteiger partial charge is 0.341 e. The molecule has 1 aromatic heterocycles. The van der Waals surface area contributed by atoms with E-state index in [4.69, 9.17) is 11.6 Å². The molecule has 7 heteroatoms. The van der Waals surface area contributed by atoms with Crippen LogP contribution in [0.4, 0.5) is 3.89 Å². The van der Waals surface area contributed by atoms with E-state index in [0.717, 1.165) is 6.07 Å². The van der Waals surface area contributed by atoms with Crippen molar-refractivity contribution < 1.29 is 16.8 Å². The molecule has 0 unspecified atom stereocenters. The normalized spacial score (nSPS) is 11.6. The minimum absolute atomic E-state index is 0.230. The molecular weight excluding hydrogens is 257 g/mol. The third-order valence-electron chi connectivity index (χ3n) is 1.87. The molecule has 84 valence electrons. The van der Waals surface area contributed by atoms with Gasteiger partial charge in [-0.1, -0.05) is 32.8 Å². The molecule has 0 aliphatic heterocycles. The third kappa shape index (κ3) is 2.23. The SMILES string of the molecule is O=S(=O)(F)c1cc(-c2ccc(Cl)cc2)no1. The third-order valence-corrected chi connectivity index (χ3v) is 2.79. The van der Waals surface area contributed by atoms with Gasteiger partial charge in [0.1, 0.15) is 5.69 Å². The summed E-state index contributed by atoms with van der Waals surface area (Å²) in [6.45, 7) is 0. The Bertz CT molecular complexity index is 606. The maximum atomic E-state index is 12.5. The Morgan fingerprint density at radius 2 is 1.88 bits per heavy atom. The van der Waals surface area contributed by atoms with Crippen LogP contribution >= 0.6 is 11.6 Å². The lowest BCUT2D eigenvalue weighted by atomic mass is 10.2. The number of hydrogen-bond acceptors (Lipinski definition) is 4. The molecule has 0 saturated carbocycles. The molecule has 4 nitrogen and oxygen atoms in total. The van der Waals surface area contributed by atoms with E-state index in [1.165, 1.54) is 0 Å². The maximum absolute atomic E-state index is 12.5. The molecule has 0 spiro atoms. The second-order valence-corrected chi connectivity index (χ2v) is 4.69. The van der Waals surface area contributed by atoms with Gasteiger partial charge in [0.2, 0.25) is 0 Å². The molecule has 2 rings (SSSR count). The number of aromatic nitrogens is 1. The minimum atomic E-state index is -4.85. The van der Waals surface area contributed by atoms with E-state index in [1.807, 2.05) is 0 Å². The van der Waals surface area contributed by atoms with Crippen molar-refractivity contribution in [3.63, 3.8) is 0 Å². The van der Waals surface area contributed by atoms with Crippen LogP contribution in [0.3, 0.4) is 0 Å². The van der Waals surface area contributed by atoms with Gasteiger partial charge in [0.15, 0.2) is 0 Å². The summed E-state index contributed by atoms with van der Waals surface area (Å²) in [6, 6.07) is 7.46. The summed E-state index contributed by atoms with van der Waals surface area (Å²) in [4.78, 5) is 0. The van der Waals surface area contributed by atoms with Gasteiger partial charge in [0.25, 0.3) is 5.09 Å². The lowest BCUT2D eigenvalue weighted by molar-refractivity contribution is 0.334. The molecule has 0 bridgehead atoms. The monoisotopic (exact) mass is 261 g/mol. The van der Waals surface area contributed by atoms with Crippen LogP contribution < -0.4 is 0 Å². The summed E-state index contributed by atoms with van der Waals surface area (Å²) in [7, 11) is -4.85. The first-order chi connectivity index (χ1) is 7.47. The Hall–Kier alpha value is -1.40. The first-order valence-electron chi connectivity index (χ1n) is 4.14. The van der Waals surface area contributed by atoms with Crippen molar-refractivity contribution in [1.29, 1.82) is 0 Å². The molecule has 16 heavy (non-hydrogen) atoms. The summed E-state index contributed by atoms with van der Waals surface area (Å²) < 4.78 is 37.9. The van der Waals surface area contributed by atoms with Gasteiger partial charge in [-0.2, -0.15) is 8.42 Å². The van der Waals surface area contributed by atoms with Crippen LogP contribution in [0.15, 0.2) is 39.9 Å². The van der Waals surface area contributed by atoms with Gasteiger partial charge in [0.05, 0.1) is 0 Å². The number of benzene rings is 1. The van der Waals surface area contributed by atoms with Crippen LogP contribution in [0.5, 0.6) is 0 Å². The van der Waals surface area contributed by atoms with E-state index in [0.29, 0.717) is 10.6 Å². The van der Waals surface area contributed by atoms with E-state index in [1.54, 1.807) is 24.3 Å². The highest BCUT2D eigenvalue weighted by Gasteiger charge is 2.19. The molecule has 1 heterocycles. The van der Waals surface area contributed by atoms with Crippen molar-refractivity contribution in [3.05, 3.63) is 35.4 Å². The van der Waals surface area contributed by atoms with Crippen LogP contribution in [0.1, 0.15) is 0 Å². The van der Waals surface area contributed by atoms with Gasteiger partial charge in [-0.05, 0) is 12.1 Å². The molecule has 0 fully saturated rings. The second kappa shape index (κ2) is 3.88. The highest BCUT2D eigenvalue weighted by Crippen LogP contribution is 2.23. The fraction of sp³-hybridized carbons (Fsp3) is 0. The van der Waals surface area contributed by atoms with Crippen molar-refractivity contribution in [2.45, 2.75) is 5.09 Å². The molecule has 0 amide bonds. The Kier molecular flexibility index (Phi) is 2.69. The predicted molar refractivity (Wildman–Crippen MR) is 55.2 cm³/mol. The number of hydrogen-bond donors (Lipinski definition) is 0. The van der Waals surface area contributed by atoms with Crippen molar-refractivity contribution in [2.24, 2.45) is 0 Å². The zero-order chi connectivity index (χ0) is 11.8. The number of nitrogens with zero attached hydrogens (tertiary/aromatic N) is 1. The lowest BCUT2D eigenvalue weighted by Crippen LogP contribution is -1.87. The average molecular weight is 262 g/mol. The zero-order valence-corrected chi connectivity index (χ0v) is 9.30. The van der Waals surface area contributed by atoms with Crippen LogP contribution in [-0.2, 0) is 10.2 Å². The Labute approximate surface area is 95.8 Å². The fourth-order valence-electron chi connectivity index (χ4n) is 1.13. The van der Waals surface area contributed by atoms with Crippen molar-refractivity contribution >= 4 is 21.8 Å². The van der Waals surface area contributed by atoms with Gasteiger partial charge < -0.3 is 4.52 Å². The van der Waals surface area contributed by atoms with E-state index >= 15 is 0 Å². The molecule has 0 radical (unpaired) electrons. The second-order valence-electron chi connectivity index (χ2n) is 2.98. The quantitative estimate of drug-likeness (QED) is 0.780. The molecular formula is C9H5ClFNO3S. The average Bonchev–Trinajstić information content (AvgIpc) is 2.67. The largest absolute Gasteiger partial charge is 0.368 e. The van der Waals surface area contributed by atoms with Gasteiger partial charge >= 0.3 is 10.2 Å². The van der Waals surface area contributed by atoms with Crippen LogP contribution in [0.2, 0.25) is 5.02 Å². The highest BCUT2D eigenvalue weighted by atomic mass is 35.5. The van der Waals surface area contributed by atoms with Gasteiger partial charge in [-0.25, -0.2) is 0 Å². The Balaban J connectivity index is 2.43. The van der Waals surface area contributed by atoms with Gasteiger partial charge in [-0.3, -0.25) is 0 Å². The van der Waals surface area contributed by atoms with Crippen molar-refractivity contribution in [3.8, 4) is 11.3 Å². The van der Waals surface area contributed by atoms with E-state index in [2.05, 4.69) is 9.68 Å². The molecule has 0 saturated heterocycles. The lowest BCUT2D eigenvalue weighted by Gasteiger charge is -1.93. The molecule has 0 atom stereocenters. The van der Waals surface area contributed by atoms with E-state index < -0.39 is 15.3 Å². The molecule has 0 N–H and O–H groups in total. The maximum Gasteiger partial charge on any atom is 0.368 e. The van der Waals surface area contributed by atoms with Crippen molar-refractivity contribution in [2.75, 3.05) is 0 Å². The van der Waals surface area contributed by atoms with E-state index in [-0.39, 0.29) is 5.69 Å². The summed E-state index contributed by atoms with van der Waals surface area (Å²) >= 11 is 5.68. The summed E-state index contributed by atoms with van der Waals surface area (Å²) in [5.74, 6) is 0. The van der Waals surface area contributed by atoms with Gasteiger partial charge in [-0.15, -0.1) is 0 Å². The summed E-state index contributed by atoms with van der Waals surface area (Å²) in [5.41, 5.74) is 0.816. The van der Waals surface area contributed by atoms with E-state index in [9.17, 15) is 12.3 Å². The number of rotatable bonds is 2. The Morgan fingerprint density at radius 1 is 1.25 bits per heavy atom. The topological polar surface area (TPSA) is 60.2 Å². The van der Waals surface area contributed by atoms with Crippen molar-refractivity contribution in [1.82, 2.24) is 5.16 Å². The van der Waals surface area contributed by atoms with Gasteiger partial charge in [0, 0.05) is 16.7 Å². The molecule has 2 aromatic rings. The standard InChI is InChI=1S/C9H5ClFNO3S/c10-7-3-1-6(2-4-7)8-5-9(15-12-8)16(11,13)14/h1-5H. The fourth-order valence-corrected chi connectivity index (χ4v) is 1.63. The Morgan fingerprint density at radius 3 is 2.38 bits per heavy atom.